The number of ketones is 3. The molecule has 3 saturated carbocycles. The van der Waals surface area contributed by atoms with Crippen LogP contribution in [0.25, 0.3) is 0 Å². The molecule has 4 rings (SSSR count). The van der Waals surface area contributed by atoms with Gasteiger partial charge >= 0.3 is 0 Å². The van der Waals surface area contributed by atoms with Gasteiger partial charge in [0.25, 0.3) is 0 Å². The summed E-state index contributed by atoms with van der Waals surface area (Å²) in [5.41, 5.74) is 0.753. The third-order valence-corrected chi connectivity index (χ3v) is 8.66. The van der Waals surface area contributed by atoms with Crippen LogP contribution in [0.3, 0.4) is 0 Å². The first kappa shape index (κ1) is 17.2. The van der Waals surface area contributed by atoms with Crippen molar-refractivity contribution in [3.8, 4) is 0 Å². The highest BCUT2D eigenvalue weighted by atomic mass is 16.2. The lowest BCUT2D eigenvalue weighted by atomic mass is 9.45. The van der Waals surface area contributed by atoms with Crippen LogP contribution in [0.5, 0.6) is 0 Å². The highest BCUT2D eigenvalue weighted by molar-refractivity contribution is 6.11. The van der Waals surface area contributed by atoms with Crippen molar-refractivity contribution in [1.29, 1.82) is 0 Å². The molecule has 0 N–H and O–H groups in total. The third-order valence-electron chi connectivity index (χ3n) is 8.66. The maximum atomic E-state index is 13.0. The maximum absolute atomic E-state index is 13.0. The minimum atomic E-state index is -0.452. The normalized spacial score (nSPS) is 49.1. The molecule has 0 aromatic heterocycles. The molecule has 0 spiro atoms. The first-order valence-electron chi connectivity index (χ1n) is 9.98. The summed E-state index contributed by atoms with van der Waals surface area (Å²) in [7, 11) is 0. The van der Waals surface area contributed by atoms with E-state index in [2.05, 4.69) is 20.8 Å². The average Bonchev–Trinajstić information content (AvgIpc) is 2.88. The van der Waals surface area contributed by atoms with E-state index in [9.17, 15) is 14.4 Å². The van der Waals surface area contributed by atoms with E-state index < -0.39 is 5.41 Å². The Morgan fingerprint density at radius 1 is 1.12 bits per heavy atom. The van der Waals surface area contributed by atoms with Gasteiger partial charge in [-0.05, 0) is 81.1 Å². The summed E-state index contributed by atoms with van der Waals surface area (Å²) >= 11 is 0. The van der Waals surface area contributed by atoms with E-state index in [4.69, 9.17) is 0 Å². The van der Waals surface area contributed by atoms with Crippen LogP contribution >= 0.6 is 0 Å². The molecule has 4 aliphatic rings. The number of carbonyl (C=O) groups excluding carboxylic acids is 3. The molecule has 3 nitrogen and oxygen atoms in total. The summed E-state index contributed by atoms with van der Waals surface area (Å²) in [6.07, 6.45) is 7.13. The van der Waals surface area contributed by atoms with Gasteiger partial charge in [0, 0.05) is 5.92 Å². The van der Waals surface area contributed by atoms with Crippen LogP contribution in [0.4, 0.5) is 0 Å². The molecule has 0 radical (unpaired) electrons. The average molecular weight is 342 g/mol. The van der Waals surface area contributed by atoms with Crippen molar-refractivity contribution < 1.29 is 14.4 Å². The Morgan fingerprint density at radius 2 is 1.84 bits per heavy atom. The third kappa shape index (κ3) is 2.13. The number of hydrogen-bond acceptors (Lipinski definition) is 3. The predicted octanol–water partition coefficient (Wildman–Crippen LogP) is 4.15. The maximum Gasteiger partial charge on any atom is 0.163 e. The van der Waals surface area contributed by atoms with Gasteiger partial charge in [-0.2, -0.15) is 0 Å². The monoisotopic (exact) mass is 342 g/mol. The summed E-state index contributed by atoms with van der Waals surface area (Å²) in [4.78, 5) is 37.2. The van der Waals surface area contributed by atoms with Gasteiger partial charge in [0.1, 0.15) is 5.78 Å². The van der Waals surface area contributed by atoms with E-state index in [1.807, 2.05) is 0 Å². The molecule has 0 aliphatic heterocycles. The van der Waals surface area contributed by atoms with Crippen LogP contribution in [0.2, 0.25) is 0 Å². The second-order valence-corrected chi connectivity index (χ2v) is 9.67. The van der Waals surface area contributed by atoms with Crippen LogP contribution in [-0.2, 0) is 14.4 Å². The topological polar surface area (TPSA) is 51.2 Å². The number of rotatable bonds is 1. The molecular weight excluding hydrogens is 312 g/mol. The first-order valence-corrected chi connectivity index (χ1v) is 9.98. The summed E-state index contributed by atoms with van der Waals surface area (Å²) in [5, 5.41) is 0. The summed E-state index contributed by atoms with van der Waals surface area (Å²) in [5.74, 6) is 2.36. The zero-order chi connectivity index (χ0) is 18.1. The summed E-state index contributed by atoms with van der Waals surface area (Å²) in [6, 6.07) is 0. The van der Waals surface area contributed by atoms with E-state index in [0.29, 0.717) is 23.5 Å². The fourth-order valence-electron chi connectivity index (χ4n) is 7.49. The van der Waals surface area contributed by atoms with E-state index in [1.54, 1.807) is 13.0 Å². The quantitative estimate of drug-likeness (QED) is 0.673. The Labute approximate surface area is 150 Å². The van der Waals surface area contributed by atoms with Crippen LogP contribution in [0, 0.1) is 40.4 Å². The number of hydrogen-bond donors (Lipinski definition) is 0. The molecule has 0 saturated heterocycles. The van der Waals surface area contributed by atoms with Gasteiger partial charge in [-0.1, -0.05) is 19.4 Å². The molecular formula is C22H30O3. The van der Waals surface area contributed by atoms with Gasteiger partial charge in [0.05, 0.1) is 11.8 Å². The summed E-state index contributed by atoms with van der Waals surface area (Å²) in [6.45, 7) is 8.39. The van der Waals surface area contributed by atoms with Crippen LogP contribution < -0.4 is 0 Å². The Morgan fingerprint density at radius 3 is 2.52 bits per heavy atom. The molecule has 0 heterocycles. The highest BCUT2D eigenvalue weighted by Crippen LogP contribution is 2.66. The number of carbonyl (C=O) groups is 3. The van der Waals surface area contributed by atoms with Gasteiger partial charge < -0.3 is 0 Å². The molecule has 4 aliphatic carbocycles. The van der Waals surface area contributed by atoms with Crippen molar-refractivity contribution >= 4 is 17.3 Å². The molecule has 1 unspecified atom stereocenters. The highest BCUT2D eigenvalue weighted by Gasteiger charge is 2.62. The Balaban J connectivity index is 1.75. The second kappa shape index (κ2) is 5.37. The lowest BCUT2D eigenvalue weighted by Crippen LogP contribution is -2.55. The van der Waals surface area contributed by atoms with Crippen molar-refractivity contribution in [1.82, 2.24) is 0 Å². The second-order valence-electron chi connectivity index (χ2n) is 9.67. The Hall–Kier alpha value is -1.25. The predicted molar refractivity (Wildman–Crippen MR) is 95.8 cm³/mol. The minimum Gasteiger partial charge on any atom is -0.300 e. The van der Waals surface area contributed by atoms with Crippen molar-refractivity contribution in [2.75, 3.05) is 0 Å². The molecule has 136 valence electrons. The van der Waals surface area contributed by atoms with Crippen molar-refractivity contribution in [3.63, 3.8) is 0 Å². The minimum absolute atomic E-state index is 0.0130. The summed E-state index contributed by atoms with van der Waals surface area (Å²) < 4.78 is 0. The lowest BCUT2D eigenvalue weighted by Gasteiger charge is -2.58. The Kier molecular flexibility index (Phi) is 3.69. The molecule has 0 aromatic carbocycles. The van der Waals surface area contributed by atoms with Gasteiger partial charge in [-0.15, -0.1) is 0 Å². The Bertz CT molecular complexity index is 689. The fraction of sp³-hybridized carbons (Fsp3) is 0.773. The van der Waals surface area contributed by atoms with Crippen LogP contribution in [0.15, 0.2) is 11.6 Å². The molecule has 7 atom stereocenters. The molecule has 0 bridgehead atoms. The fourth-order valence-corrected chi connectivity index (χ4v) is 7.49. The zero-order valence-corrected chi connectivity index (χ0v) is 15.9. The smallest absolute Gasteiger partial charge is 0.163 e. The molecule has 3 fully saturated rings. The number of Topliss-reactive ketones (excluding diaryl/α,β-unsaturated/α-hetero) is 2. The van der Waals surface area contributed by atoms with E-state index in [1.165, 1.54) is 0 Å². The van der Waals surface area contributed by atoms with Gasteiger partial charge in [0.15, 0.2) is 11.6 Å². The number of fused-ring (bicyclic) bond motifs is 5. The van der Waals surface area contributed by atoms with Crippen LogP contribution in [-0.4, -0.2) is 17.3 Å². The largest absolute Gasteiger partial charge is 0.300 e. The zero-order valence-electron chi connectivity index (χ0n) is 15.9. The van der Waals surface area contributed by atoms with Gasteiger partial charge in [-0.25, -0.2) is 0 Å². The lowest BCUT2D eigenvalue weighted by molar-refractivity contribution is -0.143. The standard InChI is InChI=1S/C22H30O3/c1-12-9-15-17-6-5-16(13(2)23)21(17,3)8-7-18(15)22(4)19(12)10-14(24)11-20(22)25/h10,12,15-18H,5-9,11H2,1-4H3/t12?,15-,16+,17-,18-,21+,22+/m0/s1. The van der Waals surface area contributed by atoms with Crippen molar-refractivity contribution in [3.05, 3.63) is 11.6 Å². The molecule has 25 heavy (non-hydrogen) atoms. The van der Waals surface area contributed by atoms with Gasteiger partial charge in [0.2, 0.25) is 0 Å². The van der Waals surface area contributed by atoms with Crippen LogP contribution in [0.1, 0.15) is 66.2 Å². The van der Waals surface area contributed by atoms with E-state index in [0.717, 1.165) is 37.7 Å². The van der Waals surface area contributed by atoms with Crippen molar-refractivity contribution in [2.45, 2.75) is 66.2 Å². The molecule has 3 heteroatoms. The van der Waals surface area contributed by atoms with Crippen molar-refractivity contribution in [2.24, 2.45) is 40.4 Å². The van der Waals surface area contributed by atoms with E-state index in [-0.39, 0.29) is 35.2 Å². The number of allylic oxidation sites excluding steroid dienone is 1. The van der Waals surface area contributed by atoms with Gasteiger partial charge in [-0.3, -0.25) is 14.4 Å². The molecule has 0 aromatic rings. The SMILES string of the molecule is CC(=O)[C@H]1CC[C@H]2[C@@H]3CC(C)C4=CC(=O)CC(=O)[C@]4(C)[C@H]3CC[C@]12C. The van der Waals surface area contributed by atoms with E-state index >= 15 is 0 Å². The first-order chi connectivity index (χ1) is 11.7. The molecule has 0 amide bonds.